The van der Waals surface area contributed by atoms with Crippen LogP contribution in [-0.2, 0) is 9.59 Å². The van der Waals surface area contributed by atoms with Gasteiger partial charge in [-0.05, 0) is 44.1 Å². The summed E-state index contributed by atoms with van der Waals surface area (Å²) in [6, 6.07) is 0. The van der Waals surface area contributed by atoms with Crippen molar-refractivity contribution in [3.63, 3.8) is 0 Å². The molecule has 4 rings (SSSR count). The zero-order chi connectivity index (χ0) is 20.7. The van der Waals surface area contributed by atoms with Gasteiger partial charge in [-0.2, -0.15) is 0 Å². The van der Waals surface area contributed by atoms with Crippen molar-refractivity contribution in [3.05, 3.63) is 11.6 Å². The number of hydrogen-bond donors (Lipinski definition) is 4. The second-order valence-electron chi connectivity index (χ2n) is 9.72. The Labute approximate surface area is 163 Å². The summed E-state index contributed by atoms with van der Waals surface area (Å²) < 4.78 is 16.8. The highest BCUT2D eigenvalue weighted by molar-refractivity contribution is 5.92. The second kappa shape index (κ2) is 5.94. The number of aliphatic hydroxyl groups excluding tert-OH is 3. The molecule has 8 atom stereocenters. The van der Waals surface area contributed by atoms with Crippen LogP contribution in [0, 0.1) is 22.7 Å². The van der Waals surface area contributed by atoms with E-state index in [0.717, 1.165) is 5.57 Å². The van der Waals surface area contributed by atoms with Crippen molar-refractivity contribution >= 4 is 11.6 Å². The Morgan fingerprint density at radius 2 is 1.89 bits per heavy atom. The van der Waals surface area contributed by atoms with Gasteiger partial charge < -0.3 is 20.4 Å². The molecule has 0 amide bonds. The number of aliphatic hydroxyl groups is 4. The fourth-order valence-electron chi connectivity index (χ4n) is 7.21. The third-order valence-electron chi connectivity index (χ3n) is 8.83. The minimum absolute atomic E-state index is 0.0242. The van der Waals surface area contributed by atoms with Gasteiger partial charge in [-0.25, -0.2) is 4.39 Å². The zero-order valence-electron chi connectivity index (χ0n) is 16.3. The van der Waals surface area contributed by atoms with E-state index in [1.54, 1.807) is 13.8 Å². The Bertz CT molecular complexity index is 766. The largest absolute Gasteiger partial charge is 0.390 e. The molecule has 0 spiro atoms. The molecular weight excluding hydrogens is 367 g/mol. The first-order valence-corrected chi connectivity index (χ1v) is 10.1. The molecule has 0 unspecified atom stereocenters. The predicted octanol–water partition coefficient (Wildman–Crippen LogP) is 0.844. The van der Waals surface area contributed by atoms with Gasteiger partial charge in [0.1, 0.15) is 12.3 Å². The maximum atomic E-state index is 16.8. The minimum atomic E-state index is -2.21. The highest BCUT2D eigenvalue weighted by Crippen LogP contribution is 2.70. The lowest BCUT2D eigenvalue weighted by atomic mass is 9.44. The van der Waals surface area contributed by atoms with Gasteiger partial charge in [-0.3, -0.25) is 9.59 Å². The van der Waals surface area contributed by atoms with Crippen molar-refractivity contribution in [2.24, 2.45) is 22.7 Å². The molecule has 0 aliphatic heterocycles. The number of alkyl halides is 1. The number of hydrogen-bond acceptors (Lipinski definition) is 6. The Morgan fingerprint density at radius 1 is 1.21 bits per heavy atom. The summed E-state index contributed by atoms with van der Waals surface area (Å²) in [5, 5.41) is 42.2. The SMILES string of the molecule is C[C@]12C[C@H](O)[C@@]3(F)[C@H](CCC4=CC(=O)CC[C@]43C)[C@@H]1C[C@@H](O)[C@]2(O)C(=O)CO. The van der Waals surface area contributed by atoms with Crippen LogP contribution >= 0.6 is 0 Å². The highest BCUT2D eigenvalue weighted by Gasteiger charge is 2.76. The topological polar surface area (TPSA) is 115 Å². The maximum absolute atomic E-state index is 16.8. The molecule has 3 saturated carbocycles. The lowest BCUT2D eigenvalue weighted by Crippen LogP contribution is -2.70. The molecule has 7 heteroatoms. The van der Waals surface area contributed by atoms with Gasteiger partial charge in [0.15, 0.2) is 17.2 Å². The first-order chi connectivity index (χ1) is 13.0. The second-order valence-corrected chi connectivity index (χ2v) is 9.72. The van der Waals surface area contributed by atoms with Gasteiger partial charge in [0, 0.05) is 23.2 Å². The van der Waals surface area contributed by atoms with E-state index in [1.165, 1.54) is 6.08 Å². The van der Waals surface area contributed by atoms with Gasteiger partial charge in [-0.1, -0.05) is 19.4 Å². The number of halogens is 1. The van der Waals surface area contributed by atoms with Crippen molar-refractivity contribution in [2.75, 3.05) is 6.61 Å². The van der Waals surface area contributed by atoms with Gasteiger partial charge in [0.05, 0.1) is 12.2 Å². The molecule has 156 valence electrons. The molecule has 0 radical (unpaired) electrons. The normalized spacial score (nSPS) is 53.1. The van der Waals surface area contributed by atoms with Crippen molar-refractivity contribution in [1.29, 1.82) is 0 Å². The molecule has 6 nitrogen and oxygen atoms in total. The van der Waals surface area contributed by atoms with E-state index in [9.17, 15) is 30.0 Å². The minimum Gasteiger partial charge on any atom is -0.390 e. The van der Waals surface area contributed by atoms with E-state index in [0.29, 0.717) is 19.3 Å². The number of allylic oxidation sites excluding steroid dienone is 1. The molecule has 0 aromatic heterocycles. The summed E-state index contributed by atoms with van der Waals surface area (Å²) in [6.45, 7) is 2.45. The third kappa shape index (κ3) is 2.06. The summed E-state index contributed by atoms with van der Waals surface area (Å²) >= 11 is 0. The van der Waals surface area contributed by atoms with Gasteiger partial charge in [0.2, 0.25) is 0 Å². The Balaban J connectivity index is 1.83. The maximum Gasteiger partial charge on any atom is 0.192 e. The van der Waals surface area contributed by atoms with E-state index >= 15 is 4.39 Å². The molecule has 4 N–H and O–H groups in total. The molecule has 0 aromatic rings. The first kappa shape index (κ1) is 20.1. The third-order valence-corrected chi connectivity index (χ3v) is 8.83. The molecule has 3 fully saturated rings. The van der Waals surface area contributed by atoms with Crippen LogP contribution in [0.2, 0.25) is 0 Å². The van der Waals surface area contributed by atoms with Crippen LogP contribution in [0.5, 0.6) is 0 Å². The number of carbonyl (C=O) groups is 2. The zero-order valence-corrected chi connectivity index (χ0v) is 16.3. The van der Waals surface area contributed by atoms with Crippen molar-refractivity contribution in [2.45, 2.75) is 75.9 Å². The smallest absolute Gasteiger partial charge is 0.192 e. The van der Waals surface area contributed by atoms with Gasteiger partial charge in [-0.15, -0.1) is 0 Å². The van der Waals surface area contributed by atoms with Gasteiger partial charge >= 0.3 is 0 Å². The molecule has 28 heavy (non-hydrogen) atoms. The number of ketones is 2. The van der Waals surface area contributed by atoms with Crippen LogP contribution in [0.15, 0.2) is 11.6 Å². The van der Waals surface area contributed by atoms with E-state index in [4.69, 9.17) is 0 Å². The quantitative estimate of drug-likeness (QED) is 0.550. The van der Waals surface area contributed by atoms with E-state index in [-0.39, 0.29) is 25.0 Å². The van der Waals surface area contributed by atoms with Crippen molar-refractivity contribution < 1.29 is 34.4 Å². The molecule has 4 aliphatic rings. The fourth-order valence-corrected chi connectivity index (χ4v) is 7.21. The van der Waals surface area contributed by atoms with E-state index in [2.05, 4.69) is 0 Å². The Kier molecular flexibility index (Phi) is 4.27. The Hall–Kier alpha value is -1.15. The summed E-state index contributed by atoms with van der Waals surface area (Å²) in [6.07, 6.45) is -0.0824. The average molecular weight is 396 g/mol. The summed E-state index contributed by atoms with van der Waals surface area (Å²) in [5.41, 5.74) is -5.72. The van der Waals surface area contributed by atoms with Crippen molar-refractivity contribution in [1.82, 2.24) is 0 Å². The van der Waals surface area contributed by atoms with E-state index < -0.39 is 58.5 Å². The highest BCUT2D eigenvalue weighted by atomic mass is 19.1. The predicted molar refractivity (Wildman–Crippen MR) is 96.9 cm³/mol. The van der Waals surface area contributed by atoms with E-state index in [1.807, 2.05) is 0 Å². The van der Waals surface area contributed by atoms with Crippen LogP contribution in [0.25, 0.3) is 0 Å². The lowest BCUT2D eigenvalue weighted by Gasteiger charge is -2.63. The van der Waals surface area contributed by atoms with Crippen LogP contribution in [-0.4, -0.2) is 62.1 Å². The van der Waals surface area contributed by atoms with Crippen molar-refractivity contribution in [3.8, 4) is 0 Å². The first-order valence-electron chi connectivity index (χ1n) is 10.1. The summed E-state index contributed by atoms with van der Waals surface area (Å²) in [5.74, 6) is -2.10. The number of carbonyl (C=O) groups excluding carboxylic acids is 2. The molecule has 0 saturated heterocycles. The van der Waals surface area contributed by atoms with Gasteiger partial charge in [0.25, 0.3) is 0 Å². The van der Waals surface area contributed by atoms with Crippen LogP contribution < -0.4 is 0 Å². The lowest BCUT2D eigenvalue weighted by molar-refractivity contribution is -0.230. The molecule has 0 aromatic carbocycles. The monoisotopic (exact) mass is 396 g/mol. The number of fused-ring (bicyclic) bond motifs is 5. The summed E-state index contributed by atoms with van der Waals surface area (Å²) in [7, 11) is 0. The summed E-state index contributed by atoms with van der Waals surface area (Å²) in [4.78, 5) is 24.3. The molecular formula is C21H29FO6. The number of rotatable bonds is 2. The van der Waals surface area contributed by atoms with Crippen LogP contribution in [0.1, 0.15) is 52.4 Å². The molecule has 0 heterocycles. The molecule has 0 bridgehead atoms. The fraction of sp³-hybridized carbons (Fsp3) is 0.810. The molecule has 4 aliphatic carbocycles. The average Bonchev–Trinajstić information content (AvgIpc) is 2.84. The Morgan fingerprint density at radius 3 is 2.54 bits per heavy atom. The number of Topliss-reactive ketones (excluding diaryl/α,β-unsaturated/α-hetero) is 1. The van der Waals surface area contributed by atoms with Crippen LogP contribution in [0.4, 0.5) is 4.39 Å². The standard InChI is InChI=1S/C21H29FO6/c1-18-6-5-12(24)7-11(18)3-4-13-14-8-15(25)21(28,17(27)10-23)19(14,2)9-16(26)20(13,18)22/h7,13-16,23,25-26,28H,3-6,8-10H2,1-2H3/t13-,14+,15-,16+,18-,19+,20+,21+/m1/s1. The van der Waals surface area contributed by atoms with Crippen LogP contribution in [0.3, 0.4) is 0 Å².